The first-order valence-corrected chi connectivity index (χ1v) is 5.60. The fourth-order valence-corrected chi connectivity index (χ4v) is 1.76. The van der Waals surface area contributed by atoms with E-state index in [0.29, 0.717) is 12.5 Å². The number of nitrogens with one attached hydrogen (secondary N) is 1. The van der Waals surface area contributed by atoms with E-state index >= 15 is 0 Å². The van der Waals surface area contributed by atoms with Gasteiger partial charge in [0.1, 0.15) is 0 Å². The van der Waals surface area contributed by atoms with Gasteiger partial charge in [-0.1, -0.05) is 6.92 Å². The lowest BCUT2D eigenvalue weighted by Crippen LogP contribution is -2.33. The van der Waals surface area contributed by atoms with Crippen molar-refractivity contribution in [1.82, 2.24) is 5.32 Å². The molecule has 0 saturated carbocycles. The molecule has 0 aromatic rings. The van der Waals surface area contributed by atoms with Crippen molar-refractivity contribution in [3.8, 4) is 0 Å². The van der Waals surface area contributed by atoms with Gasteiger partial charge in [0.15, 0.2) is 0 Å². The van der Waals surface area contributed by atoms with Crippen molar-refractivity contribution in [2.24, 2.45) is 11.8 Å². The summed E-state index contributed by atoms with van der Waals surface area (Å²) in [5.41, 5.74) is 0. The molecule has 0 aromatic carbocycles. The van der Waals surface area contributed by atoms with Crippen LogP contribution in [0.25, 0.3) is 0 Å². The van der Waals surface area contributed by atoms with Crippen LogP contribution in [-0.2, 0) is 14.3 Å². The van der Waals surface area contributed by atoms with Gasteiger partial charge in [-0.2, -0.15) is 0 Å². The number of esters is 1. The van der Waals surface area contributed by atoms with Gasteiger partial charge in [-0.05, 0) is 18.8 Å². The zero-order valence-corrected chi connectivity index (χ0v) is 9.62. The highest BCUT2D eigenvalue weighted by molar-refractivity contribution is 5.71. The molecule has 1 aliphatic heterocycles. The molecule has 1 aliphatic rings. The fraction of sp³-hybridized carbons (Fsp3) is 0.909. The second kappa shape index (κ2) is 6.80. The first-order chi connectivity index (χ1) is 7.24. The zero-order chi connectivity index (χ0) is 11.1. The van der Waals surface area contributed by atoms with E-state index in [-0.39, 0.29) is 11.9 Å². The van der Waals surface area contributed by atoms with Crippen molar-refractivity contribution in [2.45, 2.75) is 19.8 Å². The minimum atomic E-state index is -0.151. The van der Waals surface area contributed by atoms with Crippen molar-refractivity contribution < 1.29 is 14.3 Å². The largest absolute Gasteiger partial charge is 0.469 e. The molecule has 0 radical (unpaired) electrons. The molecule has 15 heavy (non-hydrogen) atoms. The Bertz CT molecular complexity index is 190. The Kier molecular flexibility index (Phi) is 5.65. The summed E-state index contributed by atoms with van der Waals surface area (Å²) in [4.78, 5) is 11.1. The predicted octanol–water partition coefficient (Wildman–Crippen LogP) is 0.812. The molecule has 0 amide bonds. The normalized spacial score (nSPS) is 23.5. The van der Waals surface area contributed by atoms with E-state index < -0.39 is 0 Å². The third-order valence-electron chi connectivity index (χ3n) is 2.74. The summed E-state index contributed by atoms with van der Waals surface area (Å²) in [5.74, 6) is 0.380. The molecule has 2 atom stereocenters. The average molecular weight is 215 g/mol. The van der Waals surface area contributed by atoms with Gasteiger partial charge >= 0.3 is 5.97 Å². The smallest absolute Gasteiger partial charge is 0.309 e. The minimum absolute atomic E-state index is 0.0699. The molecule has 4 nitrogen and oxygen atoms in total. The maximum atomic E-state index is 11.1. The van der Waals surface area contributed by atoms with Crippen molar-refractivity contribution in [1.29, 1.82) is 0 Å². The third kappa shape index (κ3) is 4.62. The first kappa shape index (κ1) is 12.5. The topological polar surface area (TPSA) is 47.6 Å². The number of carbonyl (C=O) groups excluding carboxylic acids is 1. The van der Waals surface area contributed by atoms with Gasteiger partial charge in [0.25, 0.3) is 0 Å². The molecule has 0 spiro atoms. The number of rotatable bonds is 5. The Balaban J connectivity index is 2.07. The maximum absolute atomic E-state index is 11.1. The van der Waals surface area contributed by atoms with E-state index in [4.69, 9.17) is 4.74 Å². The highest BCUT2D eigenvalue weighted by Gasteiger charge is 2.16. The molecule has 88 valence electrons. The molecular weight excluding hydrogens is 194 g/mol. The summed E-state index contributed by atoms with van der Waals surface area (Å²) < 4.78 is 10.0. The van der Waals surface area contributed by atoms with Gasteiger partial charge in [0, 0.05) is 19.7 Å². The lowest BCUT2D eigenvalue weighted by Gasteiger charge is -2.22. The quantitative estimate of drug-likeness (QED) is 0.689. The van der Waals surface area contributed by atoms with Crippen LogP contribution >= 0.6 is 0 Å². The van der Waals surface area contributed by atoms with Crippen LogP contribution in [0.4, 0.5) is 0 Å². The molecule has 0 aromatic heterocycles. The van der Waals surface area contributed by atoms with Crippen LogP contribution in [0.1, 0.15) is 19.8 Å². The summed E-state index contributed by atoms with van der Waals surface area (Å²) in [7, 11) is 1.42. The van der Waals surface area contributed by atoms with Crippen LogP contribution in [0.5, 0.6) is 0 Å². The van der Waals surface area contributed by atoms with Gasteiger partial charge < -0.3 is 14.8 Å². The van der Waals surface area contributed by atoms with Crippen LogP contribution in [0, 0.1) is 11.8 Å². The Hall–Kier alpha value is -0.610. The number of carbonyl (C=O) groups is 1. The van der Waals surface area contributed by atoms with Gasteiger partial charge in [0.05, 0.1) is 19.6 Å². The number of ether oxygens (including phenoxy) is 2. The highest BCUT2D eigenvalue weighted by atomic mass is 16.5. The van der Waals surface area contributed by atoms with Gasteiger partial charge in [-0.15, -0.1) is 0 Å². The van der Waals surface area contributed by atoms with E-state index in [1.165, 1.54) is 13.5 Å². The Morgan fingerprint density at radius 3 is 3.07 bits per heavy atom. The summed E-state index contributed by atoms with van der Waals surface area (Å²) in [5, 5.41) is 3.29. The van der Waals surface area contributed by atoms with E-state index in [1.54, 1.807) is 0 Å². The second-order valence-corrected chi connectivity index (χ2v) is 4.17. The average Bonchev–Trinajstić information content (AvgIpc) is 2.29. The predicted molar refractivity (Wildman–Crippen MR) is 57.6 cm³/mol. The summed E-state index contributed by atoms with van der Waals surface area (Å²) in [6, 6.07) is 0. The molecule has 0 bridgehead atoms. The Morgan fingerprint density at radius 2 is 2.47 bits per heavy atom. The van der Waals surface area contributed by atoms with Crippen molar-refractivity contribution in [3.63, 3.8) is 0 Å². The zero-order valence-electron chi connectivity index (χ0n) is 9.62. The SMILES string of the molecule is COC(=O)C(C)CNCC1CCCOC1. The molecule has 1 fully saturated rings. The second-order valence-electron chi connectivity index (χ2n) is 4.17. The van der Waals surface area contributed by atoms with Crippen LogP contribution in [0.2, 0.25) is 0 Å². The van der Waals surface area contributed by atoms with Crippen LogP contribution in [-0.4, -0.2) is 39.4 Å². The van der Waals surface area contributed by atoms with E-state index in [1.807, 2.05) is 6.92 Å². The van der Waals surface area contributed by atoms with Crippen LogP contribution in [0.3, 0.4) is 0 Å². The van der Waals surface area contributed by atoms with Crippen molar-refractivity contribution >= 4 is 5.97 Å². The minimum Gasteiger partial charge on any atom is -0.469 e. The van der Waals surface area contributed by atoms with E-state index in [9.17, 15) is 4.79 Å². The third-order valence-corrected chi connectivity index (χ3v) is 2.74. The summed E-state index contributed by atoms with van der Waals surface area (Å²) in [6.07, 6.45) is 2.37. The van der Waals surface area contributed by atoms with Crippen LogP contribution < -0.4 is 5.32 Å². The Morgan fingerprint density at radius 1 is 1.67 bits per heavy atom. The van der Waals surface area contributed by atoms with E-state index in [0.717, 1.165) is 26.2 Å². The highest BCUT2D eigenvalue weighted by Crippen LogP contribution is 2.12. The number of hydrogen-bond donors (Lipinski definition) is 1. The fourth-order valence-electron chi connectivity index (χ4n) is 1.76. The lowest BCUT2D eigenvalue weighted by atomic mass is 10.0. The van der Waals surface area contributed by atoms with E-state index in [2.05, 4.69) is 10.1 Å². The number of methoxy groups -OCH3 is 1. The molecule has 4 heteroatoms. The number of hydrogen-bond acceptors (Lipinski definition) is 4. The first-order valence-electron chi connectivity index (χ1n) is 5.60. The summed E-state index contributed by atoms with van der Waals surface area (Å²) in [6.45, 7) is 5.23. The monoisotopic (exact) mass is 215 g/mol. The Labute approximate surface area is 91.3 Å². The van der Waals surface area contributed by atoms with Gasteiger partial charge in [-0.25, -0.2) is 0 Å². The van der Waals surface area contributed by atoms with Gasteiger partial charge in [-0.3, -0.25) is 4.79 Å². The summed E-state index contributed by atoms with van der Waals surface area (Å²) >= 11 is 0. The lowest BCUT2D eigenvalue weighted by molar-refractivity contribution is -0.144. The molecule has 2 unspecified atom stereocenters. The molecular formula is C11H21NO3. The molecule has 0 aliphatic carbocycles. The maximum Gasteiger partial charge on any atom is 0.309 e. The molecule has 1 N–H and O–H groups in total. The van der Waals surface area contributed by atoms with Crippen molar-refractivity contribution in [3.05, 3.63) is 0 Å². The van der Waals surface area contributed by atoms with Crippen molar-refractivity contribution in [2.75, 3.05) is 33.4 Å². The van der Waals surface area contributed by atoms with Crippen LogP contribution in [0.15, 0.2) is 0 Å². The molecule has 1 rings (SSSR count). The van der Waals surface area contributed by atoms with Gasteiger partial charge in [0.2, 0.25) is 0 Å². The molecule has 1 saturated heterocycles. The standard InChI is InChI=1S/C11H21NO3/c1-9(11(13)14-2)6-12-7-10-4-3-5-15-8-10/h9-10,12H,3-8H2,1-2H3. The molecule has 1 heterocycles.